The SMILES string of the molecule is CCOC(=O)c1c(NC(=O)Cc2ccc(OC)c(S(=O)(=O)N3CCOCC3)c2)sc(C)c1C. The fraction of sp³-hybridized carbons (Fsp3) is 0.455. The van der Waals surface area contributed by atoms with Gasteiger partial charge in [0.05, 0.1) is 38.9 Å². The largest absolute Gasteiger partial charge is 0.495 e. The lowest BCUT2D eigenvalue weighted by molar-refractivity contribution is -0.115. The Labute approximate surface area is 197 Å². The molecule has 1 saturated heterocycles. The van der Waals surface area contributed by atoms with Crippen molar-refractivity contribution in [2.24, 2.45) is 0 Å². The number of methoxy groups -OCH3 is 1. The van der Waals surface area contributed by atoms with E-state index in [0.29, 0.717) is 29.3 Å². The van der Waals surface area contributed by atoms with Gasteiger partial charge in [-0.15, -0.1) is 11.3 Å². The number of thiophene rings is 1. The van der Waals surface area contributed by atoms with Gasteiger partial charge in [0.1, 0.15) is 15.6 Å². The van der Waals surface area contributed by atoms with Gasteiger partial charge in [0, 0.05) is 18.0 Å². The van der Waals surface area contributed by atoms with Crippen LogP contribution < -0.4 is 10.1 Å². The number of amides is 1. The molecule has 0 bridgehead atoms. The van der Waals surface area contributed by atoms with Gasteiger partial charge in [-0.3, -0.25) is 4.79 Å². The third-order valence-electron chi connectivity index (χ3n) is 5.30. The lowest BCUT2D eigenvalue weighted by Crippen LogP contribution is -2.40. The molecule has 2 heterocycles. The second kappa shape index (κ2) is 10.6. The zero-order valence-corrected chi connectivity index (χ0v) is 20.7. The summed E-state index contributed by atoms with van der Waals surface area (Å²) in [6.45, 7) is 6.78. The molecule has 2 aromatic rings. The van der Waals surface area contributed by atoms with E-state index in [9.17, 15) is 18.0 Å². The molecule has 0 unspecified atom stereocenters. The maximum atomic E-state index is 13.2. The predicted molar refractivity (Wildman–Crippen MR) is 125 cm³/mol. The molecule has 1 aromatic heterocycles. The molecule has 0 saturated carbocycles. The highest BCUT2D eigenvalue weighted by Crippen LogP contribution is 2.33. The zero-order valence-electron chi connectivity index (χ0n) is 19.1. The molecular formula is C22H28N2O7S2. The number of nitrogens with zero attached hydrogens (tertiary/aromatic N) is 1. The van der Waals surface area contributed by atoms with Crippen molar-refractivity contribution in [3.8, 4) is 5.75 Å². The fourth-order valence-corrected chi connectivity index (χ4v) is 6.16. The van der Waals surface area contributed by atoms with Gasteiger partial charge in [-0.25, -0.2) is 13.2 Å². The summed E-state index contributed by atoms with van der Waals surface area (Å²) in [5.74, 6) is -0.653. The van der Waals surface area contributed by atoms with Crippen molar-refractivity contribution in [3.63, 3.8) is 0 Å². The van der Waals surface area contributed by atoms with Crippen molar-refractivity contribution >= 4 is 38.2 Å². The smallest absolute Gasteiger partial charge is 0.341 e. The number of hydrogen-bond acceptors (Lipinski definition) is 8. The monoisotopic (exact) mass is 496 g/mol. The molecule has 1 aromatic carbocycles. The molecule has 1 N–H and O–H groups in total. The number of morpholine rings is 1. The van der Waals surface area contributed by atoms with Gasteiger partial charge in [0.2, 0.25) is 15.9 Å². The van der Waals surface area contributed by atoms with E-state index in [1.165, 1.54) is 28.8 Å². The summed E-state index contributed by atoms with van der Waals surface area (Å²) in [6.07, 6.45) is -0.0755. The first-order chi connectivity index (χ1) is 15.7. The maximum absolute atomic E-state index is 13.2. The van der Waals surface area contributed by atoms with E-state index in [1.807, 2.05) is 6.92 Å². The highest BCUT2D eigenvalue weighted by Gasteiger charge is 2.30. The Balaban J connectivity index is 1.83. The summed E-state index contributed by atoms with van der Waals surface area (Å²) in [6, 6.07) is 4.65. The molecule has 11 heteroatoms. The van der Waals surface area contributed by atoms with Crippen LogP contribution in [0, 0.1) is 13.8 Å². The molecule has 0 atom stereocenters. The van der Waals surface area contributed by atoms with Gasteiger partial charge in [0.25, 0.3) is 0 Å². The second-order valence-electron chi connectivity index (χ2n) is 7.43. The normalized spacial score (nSPS) is 14.7. The number of esters is 1. The number of aryl methyl sites for hydroxylation is 1. The molecule has 180 valence electrons. The standard InChI is InChI=1S/C22H28N2O7S2/c1-5-31-22(26)20-14(2)15(3)32-21(20)23-19(25)13-16-6-7-17(29-4)18(12-16)33(27,28)24-8-10-30-11-9-24/h6-7,12H,5,8-11,13H2,1-4H3,(H,23,25). The van der Waals surface area contributed by atoms with E-state index in [-0.39, 0.29) is 42.7 Å². The minimum Gasteiger partial charge on any atom is -0.495 e. The Bertz CT molecular complexity index is 1140. The Hall–Kier alpha value is -2.47. The number of ether oxygens (including phenoxy) is 3. The topological polar surface area (TPSA) is 111 Å². The molecule has 9 nitrogen and oxygen atoms in total. The van der Waals surface area contributed by atoms with Crippen molar-refractivity contribution < 1.29 is 32.2 Å². The average molecular weight is 497 g/mol. The van der Waals surface area contributed by atoms with Crippen LogP contribution in [0.3, 0.4) is 0 Å². The van der Waals surface area contributed by atoms with Crippen LogP contribution in [0.5, 0.6) is 5.75 Å². The fourth-order valence-electron chi connectivity index (χ4n) is 3.48. The number of sulfonamides is 1. The van der Waals surface area contributed by atoms with E-state index in [2.05, 4.69) is 5.32 Å². The van der Waals surface area contributed by atoms with Crippen LogP contribution in [-0.4, -0.2) is 64.6 Å². The first-order valence-corrected chi connectivity index (χ1v) is 12.8. The van der Waals surface area contributed by atoms with Gasteiger partial charge >= 0.3 is 5.97 Å². The third kappa shape index (κ3) is 5.55. The molecule has 0 radical (unpaired) electrons. The van der Waals surface area contributed by atoms with Crippen molar-refractivity contribution in [1.82, 2.24) is 4.31 Å². The molecular weight excluding hydrogens is 468 g/mol. The average Bonchev–Trinajstić information content (AvgIpc) is 3.07. The summed E-state index contributed by atoms with van der Waals surface area (Å²) < 4.78 is 43.3. The number of hydrogen-bond donors (Lipinski definition) is 1. The second-order valence-corrected chi connectivity index (χ2v) is 10.6. The van der Waals surface area contributed by atoms with Crippen LogP contribution >= 0.6 is 11.3 Å². The Morgan fingerprint density at radius 3 is 2.55 bits per heavy atom. The van der Waals surface area contributed by atoms with Crippen LogP contribution in [0.2, 0.25) is 0 Å². The zero-order chi connectivity index (χ0) is 24.2. The maximum Gasteiger partial charge on any atom is 0.341 e. The molecule has 0 aliphatic carbocycles. The van der Waals surface area contributed by atoms with Crippen molar-refractivity contribution in [2.45, 2.75) is 32.1 Å². The predicted octanol–water partition coefficient (Wildman–Crippen LogP) is 2.75. The van der Waals surface area contributed by atoms with Gasteiger partial charge in [0.15, 0.2) is 0 Å². The van der Waals surface area contributed by atoms with Gasteiger partial charge in [-0.05, 0) is 44.0 Å². The lowest BCUT2D eigenvalue weighted by atomic mass is 10.1. The highest BCUT2D eigenvalue weighted by atomic mass is 32.2. The Morgan fingerprint density at radius 1 is 1.21 bits per heavy atom. The summed E-state index contributed by atoms with van der Waals surface area (Å²) in [7, 11) is -2.41. The molecule has 0 spiro atoms. The van der Waals surface area contributed by atoms with Gasteiger partial charge < -0.3 is 19.5 Å². The molecule has 1 aliphatic rings. The van der Waals surface area contributed by atoms with Crippen LogP contribution in [0.15, 0.2) is 23.1 Å². The Kier molecular flexibility index (Phi) is 8.11. The molecule has 1 aliphatic heterocycles. The lowest BCUT2D eigenvalue weighted by Gasteiger charge is -2.26. The first-order valence-electron chi connectivity index (χ1n) is 10.5. The summed E-state index contributed by atoms with van der Waals surface area (Å²) in [4.78, 5) is 26.0. The van der Waals surface area contributed by atoms with Crippen LogP contribution in [0.25, 0.3) is 0 Å². The van der Waals surface area contributed by atoms with E-state index < -0.39 is 16.0 Å². The first kappa shape index (κ1) is 25.2. The van der Waals surface area contributed by atoms with E-state index in [4.69, 9.17) is 14.2 Å². The number of carbonyl (C=O) groups is 2. The van der Waals surface area contributed by atoms with Gasteiger partial charge in [-0.2, -0.15) is 4.31 Å². The van der Waals surface area contributed by atoms with Crippen LogP contribution in [-0.2, 0) is 30.7 Å². The summed E-state index contributed by atoms with van der Waals surface area (Å²) in [5, 5.41) is 3.20. The van der Waals surface area contributed by atoms with E-state index in [0.717, 1.165) is 10.4 Å². The Morgan fingerprint density at radius 2 is 1.91 bits per heavy atom. The van der Waals surface area contributed by atoms with Gasteiger partial charge in [-0.1, -0.05) is 6.07 Å². The number of rotatable bonds is 8. The quantitative estimate of drug-likeness (QED) is 0.560. The van der Waals surface area contributed by atoms with Crippen molar-refractivity contribution in [1.29, 1.82) is 0 Å². The van der Waals surface area contributed by atoms with E-state index in [1.54, 1.807) is 26.0 Å². The molecule has 3 rings (SSSR count). The van der Waals surface area contributed by atoms with Crippen LogP contribution in [0.1, 0.15) is 33.3 Å². The molecule has 1 amide bonds. The van der Waals surface area contributed by atoms with Crippen LogP contribution in [0.4, 0.5) is 5.00 Å². The molecule has 1 fully saturated rings. The number of anilines is 1. The molecule has 33 heavy (non-hydrogen) atoms. The summed E-state index contributed by atoms with van der Waals surface area (Å²) >= 11 is 1.30. The highest BCUT2D eigenvalue weighted by molar-refractivity contribution is 7.89. The minimum absolute atomic E-state index is 0.00669. The minimum atomic E-state index is -3.81. The number of nitrogens with one attached hydrogen (secondary N) is 1. The third-order valence-corrected chi connectivity index (χ3v) is 8.34. The van der Waals surface area contributed by atoms with Crippen molar-refractivity contribution in [3.05, 3.63) is 39.8 Å². The van der Waals surface area contributed by atoms with E-state index >= 15 is 0 Å². The van der Waals surface area contributed by atoms with Crippen molar-refractivity contribution in [2.75, 3.05) is 45.3 Å². The summed E-state index contributed by atoms with van der Waals surface area (Å²) in [5.41, 5.74) is 1.61. The number of benzene rings is 1. The number of carbonyl (C=O) groups excluding carboxylic acids is 2.